The van der Waals surface area contributed by atoms with Crippen molar-refractivity contribution in [3.05, 3.63) is 29.6 Å². The minimum absolute atomic E-state index is 0.134. The molecule has 0 radical (unpaired) electrons. The third-order valence-electron chi connectivity index (χ3n) is 2.57. The van der Waals surface area contributed by atoms with E-state index in [0.29, 0.717) is 37.6 Å². The average molecular weight is 211 g/mol. The molecule has 3 nitrogen and oxygen atoms in total. The number of hydrogen-bond donors (Lipinski definition) is 1. The molecule has 1 N–H and O–H groups in total. The van der Waals surface area contributed by atoms with Gasteiger partial charge in [-0.15, -0.1) is 0 Å². The number of benzene rings is 1. The van der Waals surface area contributed by atoms with Gasteiger partial charge in [-0.3, -0.25) is 0 Å². The maximum absolute atomic E-state index is 13.6. The lowest BCUT2D eigenvalue weighted by Crippen LogP contribution is -2.37. The van der Waals surface area contributed by atoms with Gasteiger partial charge in [-0.25, -0.2) is 4.39 Å². The summed E-state index contributed by atoms with van der Waals surface area (Å²) >= 11 is 0. The van der Waals surface area contributed by atoms with Crippen molar-refractivity contribution in [2.75, 3.05) is 31.2 Å². The molecule has 0 spiro atoms. The molecule has 1 fully saturated rings. The first kappa shape index (κ1) is 10.4. The number of para-hydroxylation sites is 1. The van der Waals surface area contributed by atoms with Gasteiger partial charge in [0.05, 0.1) is 25.5 Å². The molecule has 1 aromatic rings. The number of aliphatic hydroxyl groups is 1. The molecule has 82 valence electrons. The van der Waals surface area contributed by atoms with Crippen molar-refractivity contribution in [1.82, 2.24) is 0 Å². The molecule has 1 saturated heterocycles. The van der Waals surface area contributed by atoms with Gasteiger partial charge < -0.3 is 14.7 Å². The summed E-state index contributed by atoms with van der Waals surface area (Å²) in [5, 5.41) is 9.15. The Morgan fingerprint density at radius 3 is 2.73 bits per heavy atom. The Morgan fingerprint density at radius 1 is 1.33 bits per heavy atom. The number of morpholine rings is 1. The molecule has 1 aliphatic heterocycles. The molecule has 15 heavy (non-hydrogen) atoms. The summed E-state index contributed by atoms with van der Waals surface area (Å²) in [6.45, 7) is 2.44. The van der Waals surface area contributed by atoms with E-state index in [1.807, 2.05) is 4.90 Å². The second-order valence-corrected chi connectivity index (χ2v) is 3.51. The van der Waals surface area contributed by atoms with E-state index in [9.17, 15) is 4.39 Å². The van der Waals surface area contributed by atoms with Crippen LogP contribution in [0.3, 0.4) is 0 Å². The number of aliphatic hydroxyl groups excluding tert-OH is 1. The number of ether oxygens (including phenoxy) is 1. The van der Waals surface area contributed by atoms with Gasteiger partial charge in [0.2, 0.25) is 0 Å². The molecule has 0 saturated carbocycles. The quantitative estimate of drug-likeness (QED) is 0.796. The van der Waals surface area contributed by atoms with E-state index in [1.165, 1.54) is 6.07 Å². The van der Waals surface area contributed by atoms with Crippen LogP contribution in [0, 0.1) is 5.82 Å². The Bertz CT molecular complexity index is 337. The number of rotatable bonds is 2. The van der Waals surface area contributed by atoms with Crippen molar-refractivity contribution in [2.45, 2.75) is 6.61 Å². The summed E-state index contributed by atoms with van der Waals surface area (Å²) in [5.41, 5.74) is 1.15. The summed E-state index contributed by atoms with van der Waals surface area (Å²) < 4.78 is 18.8. The second-order valence-electron chi connectivity index (χ2n) is 3.51. The van der Waals surface area contributed by atoms with Gasteiger partial charge in [0.15, 0.2) is 0 Å². The van der Waals surface area contributed by atoms with Crippen LogP contribution in [0.15, 0.2) is 18.2 Å². The summed E-state index contributed by atoms with van der Waals surface area (Å²) in [6.07, 6.45) is 0. The zero-order valence-corrected chi connectivity index (χ0v) is 8.45. The van der Waals surface area contributed by atoms with Gasteiger partial charge in [-0.1, -0.05) is 12.1 Å². The highest BCUT2D eigenvalue weighted by Gasteiger charge is 2.17. The summed E-state index contributed by atoms with van der Waals surface area (Å²) in [7, 11) is 0. The van der Waals surface area contributed by atoms with Gasteiger partial charge >= 0.3 is 0 Å². The third-order valence-corrected chi connectivity index (χ3v) is 2.57. The number of halogens is 1. The maximum Gasteiger partial charge on any atom is 0.146 e. The van der Waals surface area contributed by atoms with E-state index in [1.54, 1.807) is 12.1 Å². The van der Waals surface area contributed by atoms with Crippen molar-refractivity contribution in [2.24, 2.45) is 0 Å². The summed E-state index contributed by atoms with van der Waals surface area (Å²) in [5.74, 6) is -0.275. The van der Waals surface area contributed by atoms with E-state index >= 15 is 0 Å². The molecule has 0 unspecified atom stereocenters. The van der Waals surface area contributed by atoms with Crippen molar-refractivity contribution in [3.63, 3.8) is 0 Å². The molecule has 0 atom stereocenters. The predicted octanol–water partition coefficient (Wildman–Crippen LogP) is 1.15. The fourth-order valence-corrected chi connectivity index (χ4v) is 1.83. The van der Waals surface area contributed by atoms with Crippen LogP contribution in [-0.2, 0) is 11.3 Å². The van der Waals surface area contributed by atoms with E-state index < -0.39 is 0 Å². The number of hydrogen-bond acceptors (Lipinski definition) is 3. The lowest BCUT2D eigenvalue weighted by Gasteiger charge is -2.30. The van der Waals surface area contributed by atoms with Crippen LogP contribution in [0.1, 0.15) is 5.56 Å². The first-order valence-corrected chi connectivity index (χ1v) is 5.04. The van der Waals surface area contributed by atoms with E-state index in [2.05, 4.69) is 0 Å². The number of anilines is 1. The van der Waals surface area contributed by atoms with E-state index in [-0.39, 0.29) is 12.4 Å². The topological polar surface area (TPSA) is 32.7 Å². The van der Waals surface area contributed by atoms with Gasteiger partial charge in [-0.2, -0.15) is 0 Å². The Labute approximate surface area is 88.1 Å². The largest absolute Gasteiger partial charge is 0.392 e. The Kier molecular flexibility index (Phi) is 3.18. The Morgan fingerprint density at radius 2 is 2.07 bits per heavy atom. The summed E-state index contributed by atoms with van der Waals surface area (Å²) in [6, 6.07) is 4.78. The normalized spacial score (nSPS) is 16.8. The van der Waals surface area contributed by atoms with E-state index in [4.69, 9.17) is 9.84 Å². The Hall–Kier alpha value is -1.13. The lowest BCUT2D eigenvalue weighted by molar-refractivity contribution is 0.122. The molecule has 4 heteroatoms. The monoisotopic (exact) mass is 211 g/mol. The van der Waals surface area contributed by atoms with Gasteiger partial charge in [-0.05, 0) is 6.07 Å². The van der Waals surface area contributed by atoms with Gasteiger partial charge in [0, 0.05) is 18.7 Å². The van der Waals surface area contributed by atoms with Crippen molar-refractivity contribution in [1.29, 1.82) is 0 Å². The smallest absolute Gasteiger partial charge is 0.146 e. The predicted molar refractivity (Wildman–Crippen MR) is 55.4 cm³/mol. The highest BCUT2D eigenvalue weighted by molar-refractivity contribution is 5.54. The van der Waals surface area contributed by atoms with Crippen LogP contribution in [0.4, 0.5) is 10.1 Å². The van der Waals surface area contributed by atoms with Crippen LogP contribution in [0.25, 0.3) is 0 Å². The molecule has 0 aliphatic carbocycles. The van der Waals surface area contributed by atoms with Crippen LogP contribution in [-0.4, -0.2) is 31.4 Å². The molecule has 0 aromatic heterocycles. The van der Waals surface area contributed by atoms with Crippen LogP contribution in [0.5, 0.6) is 0 Å². The second kappa shape index (κ2) is 4.59. The average Bonchev–Trinajstić information content (AvgIpc) is 2.29. The molecule has 1 aromatic carbocycles. The van der Waals surface area contributed by atoms with Gasteiger partial charge in [0.1, 0.15) is 5.82 Å². The molecule has 0 bridgehead atoms. The standard InChI is InChI=1S/C11H14FNO2/c12-10-3-1-2-9(8-14)11(10)13-4-6-15-7-5-13/h1-3,14H,4-8H2. The fraction of sp³-hybridized carbons (Fsp3) is 0.455. The summed E-state index contributed by atoms with van der Waals surface area (Å²) in [4.78, 5) is 1.92. The Balaban J connectivity index is 2.31. The molecular formula is C11H14FNO2. The minimum atomic E-state index is -0.275. The van der Waals surface area contributed by atoms with Crippen molar-refractivity contribution >= 4 is 5.69 Å². The first-order chi connectivity index (χ1) is 7.33. The lowest BCUT2D eigenvalue weighted by atomic mass is 10.1. The molecule has 1 heterocycles. The zero-order chi connectivity index (χ0) is 10.7. The highest BCUT2D eigenvalue weighted by atomic mass is 19.1. The van der Waals surface area contributed by atoms with E-state index in [0.717, 1.165) is 0 Å². The third kappa shape index (κ3) is 2.11. The van der Waals surface area contributed by atoms with Crippen molar-refractivity contribution in [3.8, 4) is 0 Å². The number of nitrogens with zero attached hydrogens (tertiary/aromatic N) is 1. The highest BCUT2D eigenvalue weighted by Crippen LogP contribution is 2.25. The zero-order valence-electron chi connectivity index (χ0n) is 8.45. The first-order valence-electron chi connectivity index (χ1n) is 5.04. The van der Waals surface area contributed by atoms with Gasteiger partial charge in [0.25, 0.3) is 0 Å². The molecule has 2 rings (SSSR count). The van der Waals surface area contributed by atoms with Crippen molar-refractivity contribution < 1.29 is 14.2 Å². The SMILES string of the molecule is OCc1cccc(F)c1N1CCOCC1. The van der Waals surface area contributed by atoms with Crippen LogP contribution >= 0.6 is 0 Å². The van der Waals surface area contributed by atoms with Crippen LogP contribution < -0.4 is 4.90 Å². The molecule has 1 aliphatic rings. The minimum Gasteiger partial charge on any atom is -0.392 e. The fourth-order valence-electron chi connectivity index (χ4n) is 1.83. The molecular weight excluding hydrogens is 197 g/mol. The maximum atomic E-state index is 13.6. The van der Waals surface area contributed by atoms with Crippen LogP contribution in [0.2, 0.25) is 0 Å². The molecule has 0 amide bonds.